The first kappa shape index (κ1) is 17.2. The molecule has 0 saturated heterocycles. The van der Waals surface area contributed by atoms with E-state index < -0.39 is 0 Å². The first-order valence-electron chi connectivity index (χ1n) is 8.17. The Morgan fingerprint density at radius 1 is 1.08 bits per heavy atom. The summed E-state index contributed by atoms with van der Waals surface area (Å²) in [5, 5.41) is 6.75. The molecule has 0 aliphatic heterocycles. The first-order valence-corrected chi connectivity index (χ1v) is 8.98. The minimum absolute atomic E-state index is 0.212. The fraction of sp³-hybridized carbons (Fsp3) is 0.200. The van der Waals surface area contributed by atoms with E-state index in [0.29, 0.717) is 6.54 Å². The molecule has 3 aromatic rings. The zero-order valence-electron chi connectivity index (χ0n) is 14.6. The molecule has 3 rings (SSSR count). The summed E-state index contributed by atoms with van der Waals surface area (Å²) in [5.74, 6) is 0. The SMILES string of the molecule is Cc1cccc(NC(=O)NCc2sc(-c3ccccc3C)nc2C)c1. The fourth-order valence-corrected chi connectivity index (χ4v) is 3.67. The number of hydrogen-bond donors (Lipinski definition) is 2. The largest absolute Gasteiger partial charge is 0.333 e. The number of hydrogen-bond acceptors (Lipinski definition) is 3. The van der Waals surface area contributed by atoms with Crippen molar-refractivity contribution in [2.75, 3.05) is 5.32 Å². The average Bonchev–Trinajstić information content (AvgIpc) is 2.94. The zero-order chi connectivity index (χ0) is 17.8. The molecular formula is C20H21N3OS. The minimum atomic E-state index is -0.212. The fourth-order valence-electron chi connectivity index (χ4n) is 2.58. The van der Waals surface area contributed by atoms with Gasteiger partial charge in [0.1, 0.15) is 5.01 Å². The third-order valence-corrected chi connectivity index (χ3v) is 5.14. The van der Waals surface area contributed by atoms with E-state index in [1.165, 1.54) is 5.56 Å². The molecule has 0 unspecified atom stereocenters. The molecule has 1 aromatic heterocycles. The molecule has 0 aliphatic carbocycles. The summed E-state index contributed by atoms with van der Waals surface area (Å²) in [6.45, 7) is 6.52. The maximum Gasteiger partial charge on any atom is 0.319 e. The lowest BCUT2D eigenvalue weighted by Crippen LogP contribution is -2.28. The van der Waals surface area contributed by atoms with Crippen LogP contribution in [-0.2, 0) is 6.54 Å². The molecule has 128 valence electrons. The summed E-state index contributed by atoms with van der Waals surface area (Å²) < 4.78 is 0. The van der Waals surface area contributed by atoms with Gasteiger partial charge >= 0.3 is 6.03 Å². The van der Waals surface area contributed by atoms with Gasteiger partial charge < -0.3 is 10.6 Å². The number of amides is 2. The molecule has 2 aromatic carbocycles. The van der Waals surface area contributed by atoms with Gasteiger partial charge in [0.05, 0.1) is 12.2 Å². The molecular weight excluding hydrogens is 330 g/mol. The second kappa shape index (κ2) is 7.49. The number of nitrogens with zero attached hydrogens (tertiary/aromatic N) is 1. The number of aryl methyl sites for hydroxylation is 3. The predicted molar refractivity (Wildman–Crippen MR) is 104 cm³/mol. The van der Waals surface area contributed by atoms with Gasteiger partial charge in [0.2, 0.25) is 0 Å². The van der Waals surface area contributed by atoms with Crippen molar-refractivity contribution in [3.05, 3.63) is 70.2 Å². The summed E-state index contributed by atoms with van der Waals surface area (Å²) in [6.07, 6.45) is 0. The van der Waals surface area contributed by atoms with Crippen molar-refractivity contribution >= 4 is 23.1 Å². The third-order valence-electron chi connectivity index (χ3n) is 3.95. The Morgan fingerprint density at radius 3 is 2.64 bits per heavy atom. The van der Waals surface area contributed by atoms with Crippen LogP contribution in [0.5, 0.6) is 0 Å². The van der Waals surface area contributed by atoms with Crippen LogP contribution in [0.15, 0.2) is 48.5 Å². The number of anilines is 1. The van der Waals surface area contributed by atoms with E-state index in [1.54, 1.807) is 11.3 Å². The van der Waals surface area contributed by atoms with Crippen LogP contribution in [-0.4, -0.2) is 11.0 Å². The molecule has 0 fully saturated rings. The molecule has 0 atom stereocenters. The molecule has 2 N–H and O–H groups in total. The van der Waals surface area contributed by atoms with Gasteiger partial charge in [-0.25, -0.2) is 9.78 Å². The van der Waals surface area contributed by atoms with Crippen molar-refractivity contribution in [1.29, 1.82) is 0 Å². The Balaban J connectivity index is 1.66. The summed E-state index contributed by atoms with van der Waals surface area (Å²) in [6, 6.07) is 15.7. The number of thiazole rings is 1. The standard InChI is InChI=1S/C20H21N3OS/c1-13-7-6-9-16(11-13)23-20(24)21-12-18-15(3)22-19(25-18)17-10-5-4-8-14(17)2/h4-11H,12H2,1-3H3,(H2,21,23,24). The Morgan fingerprint density at radius 2 is 1.88 bits per heavy atom. The molecule has 1 heterocycles. The Bertz CT molecular complexity index is 901. The maximum atomic E-state index is 12.1. The molecule has 0 bridgehead atoms. The second-order valence-corrected chi connectivity index (χ2v) is 7.10. The van der Waals surface area contributed by atoms with Gasteiger partial charge in [-0.3, -0.25) is 0 Å². The van der Waals surface area contributed by atoms with Gasteiger partial charge in [-0.05, 0) is 44.0 Å². The highest BCUT2D eigenvalue weighted by Crippen LogP contribution is 2.29. The van der Waals surface area contributed by atoms with Crippen molar-refractivity contribution in [2.45, 2.75) is 27.3 Å². The Labute approximate surface area is 151 Å². The minimum Gasteiger partial charge on any atom is -0.333 e. The molecule has 0 radical (unpaired) electrons. The third kappa shape index (κ3) is 4.25. The number of aromatic nitrogens is 1. The predicted octanol–water partition coefficient (Wildman–Crippen LogP) is 5.06. The highest BCUT2D eigenvalue weighted by Gasteiger charge is 2.12. The molecule has 0 aliphatic rings. The van der Waals surface area contributed by atoms with Crippen LogP contribution in [0.1, 0.15) is 21.7 Å². The normalized spacial score (nSPS) is 10.5. The van der Waals surface area contributed by atoms with Crippen molar-refractivity contribution in [1.82, 2.24) is 10.3 Å². The van der Waals surface area contributed by atoms with Crippen molar-refractivity contribution < 1.29 is 4.79 Å². The zero-order valence-corrected chi connectivity index (χ0v) is 15.4. The molecule has 5 heteroatoms. The van der Waals surface area contributed by atoms with Crippen LogP contribution in [0.4, 0.5) is 10.5 Å². The van der Waals surface area contributed by atoms with Crippen molar-refractivity contribution in [3.8, 4) is 10.6 Å². The Kier molecular flexibility index (Phi) is 5.14. The van der Waals surface area contributed by atoms with Gasteiger partial charge in [-0.15, -0.1) is 11.3 Å². The Hall–Kier alpha value is -2.66. The van der Waals surface area contributed by atoms with Crippen LogP contribution in [0.3, 0.4) is 0 Å². The number of carbonyl (C=O) groups is 1. The molecule has 0 saturated carbocycles. The monoisotopic (exact) mass is 351 g/mol. The lowest BCUT2D eigenvalue weighted by molar-refractivity contribution is 0.252. The van der Waals surface area contributed by atoms with Gasteiger partial charge in [-0.1, -0.05) is 36.4 Å². The number of nitrogens with one attached hydrogen (secondary N) is 2. The quantitative estimate of drug-likeness (QED) is 0.690. The maximum absolute atomic E-state index is 12.1. The van der Waals surface area contributed by atoms with E-state index >= 15 is 0 Å². The van der Waals surface area contributed by atoms with Gasteiger partial charge in [0.15, 0.2) is 0 Å². The van der Waals surface area contributed by atoms with E-state index in [0.717, 1.165) is 32.4 Å². The van der Waals surface area contributed by atoms with Crippen molar-refractivity contribution in [2.24, 2.45) is 0 Å². The summed E-state index contributed by atoms with van der Waals surface area (Å²) >= 11 is 1.62. The topological polar surface area (TPSA) is 54.0 Å². The molecule has 2 amide bonds. The van der Waals surface area contributed by atoms with Crippen LogP contribution < -0.4 is 10.6 Å². The number of benzene rings is 2. The second-order valence-electron chi connectivity index (χ2n) is 6.02. The molecule has 0 spiro atoms. The lowest BCUT2D eigenvalue weighted by atomic mass is 10.1. The van der Waals surface area contributed by atoms with E-state index in [1.807, 2.05) is 50.2 Å². The van der Waals surface area contributed by atoms with Crippen LogP contribution in [0, 0.1) is 20.8 Å². The van der Waals surface area contributed by atoms with Gasteiger partial charge in [0.25, 0.3) is 0 Å². The van der Waals surface area contributed by atoms with E-state index in [2.05, 4.69) is 34.7 Å². The molecule has 25 heavy (non-hydrogen) atoms. The van der Waals surface area contributed by atoms with Crippen molar-refractivity contribution in [3.63, 3.8) is 0 Å². The number of carbonyl (C=O) groups excluding carboxylic acids is 1. The lowest BCUT2D eigenvalue weighted by Gasteiger charge is -2.07. The smallest absolute Gasteiger partial charge is 0.319 e. The first-order chi connectivity index (χ1) is 12.0. The van der Waals surface area contributed by atoms with Gasteiger partial charge in [-0.2, -0.15) is 0 Å². The van der Waals surface area contributed by atoms with Crippen LogP contribution >= 0.6 is 11.3 Å². The highest BCUT2D eigenvalue weighted by molar-refractivity contribution is 7.15. The van der Waals surface area contributed by atoms with Crippen LogP contribution in [0.2, 0.25) is 0 Å². The van der Waals surface area contributed by atoms with E-state index in [-0.39, 0.29) is 6.03 Å². The molecule has 4 nitrogen and oxygen atoms in total. The number of rotatable bonds is 4. The number of urea groups is 1. The average molecular weight is 351 g/mol. The highest BCUT2D eigenvalue weighted by atomic mass is 32.1. The summed E-state index contributed by atoms with van der Waals surface area (Å²) in [5.41, 5.74) is 5.20. The van der Waals surface area contributed by atoms with E-state index in [4.69, 9.17) is 0 Å². The van der Waals surface area contributed by atoms with Gasteiger partial charge in [0, 0.05) is 16.1 Å². The van der Waals surface area contributed by atoms with E-state index in [9.17, 15) is 4.79 Å². The van der Waals surface area contributed by atoms with Crippen LogP contribution in [0.25, 0.3) is 10.6 Å². The summed E-state index contributed by atoms with van der Waals surface area (Å²) in [7, 11) is 0. The summed E-state index contributed by atoms with van der Waals surface area (Å²) in [4.78, 5) is 17.8.